The van der Waals surface area contributed by atoms with E-state index in [2.05, 4.69) is 5.10 Å². The Morgan fingerprint density at radius 3 is 2.44 bits per heavy atom. The highest BCUT2D eigenvalue weighted by Crippen LogP contribution is 2.43. The number of carbonyl (C=O) groups is 1. The minimum Gasteiger partial charge on any atom is -0.369 e. The van der Waals surface area contributed by atoms with Gasteiger partial charge >= 0.3 is 0 Å². The van der Waals surface area contributed by atoms with Crippen LogP contribution in [0.2, 0.25) is 0 Å². The number of ether oxygens (including phenoxy) is 1. The molecule has 2 rings (SSSR count). The van der Waals surface area contributed by atoms with Crippen LogP contribution in [0.15, 0.2) is 6.20 Å². The van der Waals surface area contributed by atoms with Gasteiger partial charge in [-0.1, -0.05) is 0 Å². The third-order valence-corrected chi connectivity index (χ3v) is 3.89. The highest BCUT2D eigenvalue weighted by atomic mass is 16.5. The quantitative estimate of drug-likeness (QED) is 0.757. The molecule has 0 saturated carbocycles. The first-order chi connectivity index (χ1) is 8.14. The second-order valence-corrected chi connectivity index (χ2v) is 6.35. The summed E-state index contributed by atoms with van der Waals surface area (Å²) in [5.41, 5.74) is 0.986. The van der Waals surface area contributed by atoms with Crippen molar-refractivity contribution in [3.63, 3.8) is 0 Å². The number of ketones is 1. The molecule has 0 aliphatic carbocycles. The molecule has 0 N–H and O–H groups in total. The Hall–Kier alpha value is -1.16. The fourth-order valence-electron chi connectivity index (χ4n) is 2.90. The summed E-state index contributed by atoms with van der Waals surface area (Å²) in [7, 11) is 1.85. The summed E-state index contributed by atoms with van der Waals surface area (Å²) in [6, 6.07) is 0. The predicted molar refractivity (Wildman–Crippen MR) is 69.6 cm³/mol. The Morgan fingerprint density at radius 2 is 2.06 bits per heavy atom. The monoisotopic (exact) mass is 250 g/mol. The van der Waals surface area contributed by atoms with Gasteiger partial charge in [0, 0.05) is 12.7 Å². The molecule has 1 aromatic rings. The standard InChI is InChI=1S/C14H22N2O2/c1-9-10(8-15-16(9)6)12(17)11-7-13(2,3)18-14(11,4)5/h8,11H,7H2,1-6H3. The van der Waals surface area contributed by atoms with Gasteiger partial charge in [0.25, 0.3) is 0 Å². The van der Waals surface area contributed by atoms with E-state index in [9.17, 15) is 4.79 Å². The van der Waals surface area contributed by atoms with Crippen molar-refractivity contribution in [2.75, 3.05) is 0 Å². The van der Waals surface area contributed by atoms with Gasteiger partial charge in [-0.25, -0.2) is 0 Å². The maximum absolute atomic E-state index is 12.7. The van der Waals surface area contributed by atoms with Crippen LogP contribution >= 0.6 is 0 Å². The van der Waals surface area contributed by atoms with Crippen LogP contribution < -0.4 is 0 Å². The summed E-state index contributed by atoms with van der Waals surface area (Å²) in [6.07, 6.45) is 2.42. The molecule has 1 unspecified atom stereocenters. The molecule has 1 atom stereocenters. The van der Waals surface area contributed by atoms with E-state index in [4.69, 9.17) is 4.74 Å². The molecule has 0 radical (unpaired) electrons. The van der Waals surface area contributed by atoms with Crippen LogP contribution in [0.1, 0.15) is 50.2 Å². The molecule has 100 valence electrons. The molecule has 1 aromatic heterocycles. The smallest absolute Gasteiger partial charge is 0.172 e. The number of hydrogen-bond donors (Lipinski definition) is 0. The Balaban J connectivity index is 2.33. The Kier molecular flexibility index (Phi) is 2.89. The van der Waals surface area contributed by atoms with Crippen molar-refractivity contribution < 1.29 is 9.53 Å². The molecule has 2 heterocycles. The van der Waals surface area contributed by atoms with Gasteiger partial charge in [-0.15, -0.1) is 0 Å². The highest BCUT2D eigenvalue weighted by Gasteiger charge is 2.49. The van der Waals surface area contributed by atoms with Crippen molar-refractivity contribution in [2.24, 2.45) is 13.0 Å². The molecular weight excluding hydrogens is 228 g/mol. The first-order valence-corrected chi connectivity index (χ1v) is 6.37. The number of Topliss-reactive ketones (excluding diaryl/α,β-unsaturated/α-hetero) is 1. The number of carbonyl (C=O) groups excluding carboxylic acids is 1. The predicted octanol–water partition coefficient (Wildman–Crippen LogP) is 2.50. The van der Waals surface area contributed by atoms with Crippen molar-refractivity contribution in [1.82, 2.24) is 9.78 Å². The molecule has 1 saturated heterocycles. The van der Waals surface area contributed by atoms with Crippen LogP contribution in [0.4, 0.5) is 0 Å². The lowest BCUT2D eigenvalue weighted by Crippen LogP contribution is -2.34. The van der Waals surface area contributed by atoms with Crippen molar-refractivity contribution in [1.29, 1.82) is 0 Å². The summed E-state index contributed by atoms with van der Waals surface area (Å²) in [6.45, 7) is 10.00. The maximum Gasteiger partial charge on any atom is 0.172 e. The lowest BCUT2D eigenvalue weighted by Gasteiger charge is -2.26. The Morgan fingerprint density at radius 1 is 1.44 bits per heavy atom. The summed E-state index contributed by atoms with van der Waals surface area (Å²) in [4.78, 5) is 12.7. The molecule has 0 aromatic carbocycles. The topological polar surface area (TPSA) is 44.1 Å². The molecular formula is C14H22N2O2. The molecule has 18 heavy (non-hydrogen) atoms. The van der Waals surface area contributed by atoms with E-state index < -0.39 is 5.60 Å². The molecule has 0 bridgehead atoms. The zero-order chi connectivity index (χ0) is 13.7. The molecule has 1 aliphatic rings. The van der Waals surface area contributed by atoms with Crippen molar-refractivity contribution in [3.8, 4) is 0 Å². The van der Waals surface area contributed by atoms with Crippen LogP contribution in [0.25, 0.3) is 0 Å². The van der Waals surface area contributed by atoms with E-state index >= 15 is 0 Å². The summed E-state index contributed by atoms with van der Waals surface area (Å²) < 4.78 is 7.73. The number of rotatable bonds is 2. The molecule has 1 aliphatic heterocycles. The van der Waals surface area contributed by atoms with Crippen molar-refractivity contribution in [3.05, 3.63) is 17.5 Å². The molecule has 4 nitrogen and oxygen atoms in total. The molecule has 0 amide bonds. The van der Waals surface area contributed by atoms with E-state index in [1.54, 1.807) is 10.9 Å². The van der Waals surface area contributed by atoms with E-state index in [0.29, 0.717) is 0 Å². The second kappa shape index (κ2) is 3.92. The Bertz CT molecular complexity index is 486. The van der Waals surface area contributed by atoms with E-state index in [1.807, 2.05) is 41.7 Å². The lowest BCUT2D eigenvalue weighted by molar-refractivity contribution is -0.0712. The van der Waals surface area contributed by atoms with Gasteiger partial charge in [0.2, 0.25) is 0 Å². The van der Waals surface area contributed by atoms with Gasteiger partial charge < -0.3 is 4.74 Å². The van der Waals surface area contributed by atoms with Gasteiger partial charge in [0.05, 0.1) is 28.9 Å². The molecule has 1 fully saturated rings. The Labute approximate surface area is 108 Å². The first-order valence-electron chi connectivity index (χ1n) is 6.37. The maximum atomic E-state index is 12.7. The third-order valence-electron chi connectivity index (χ3n) is 3.89. The van der Waals surface area contributed by atoms with Gasteiger partial charge in [0.15, 0.2) is 5.78 Å². The average Bonchev–Trinajstić information content (AvgIpc) is 2.64. The summed E-state index contributed by atoms with van der Waals surface area (Å²) in [5.74, 6) is 0.0478. The second-order valence-electron chi connectivity index (χ2n) is 6.35. The zero-order valence-electron chi connectivity index (χ0n) is 12.1. The minimum absolute atomic E-state index is 0.101. The van der Waals surface area contributed by atoms with E-state index in [-0.39, 0.29) is 17.3 Å². The van der Waals surface area contributed by atoms with Gasteiger partial charge in [-0.2, -0.15) is 5.10 Å². The molecule has 4 heteroatoms. The SMILES string of the molecule is Cc1c(C(=O)C2CC(C)(C)OC2(C)C)cnn1C. The van der Waals surface area contributed by atoms with Crippen LogP contribution in [-0.4, -0.2) is 26.8 Å². The van der Waals surface area contributed by atoms with Crippen molar-refractivity contribution in [2.45, 2.75) is 52.2 Å². The average molecular weight is 250 g/mol. The van der Waals surface area contributed by atoms with Gasteiger partial charge in [-0.05, 0) is 41.0 Å². The zero-order valence-corrected chi connectivity index (χ0v) is 12.1. The minimum atomic E-state index is -0.414. The lowest BCUT2D eigenvalue weighted by atomic mass is 9.82. The normalized spacial score (nSPS) is 25.3. The largest absolute Gasteiger partial charge is 0.369 e. The van der Waals surface area contributed by atoms with Gasteiger partial charge in [-0.3, -0.25) is 9.48 Å². The first kappa shape index (κ1) is 13.3. The van der Waals surface area contributed by atoms with Crippen LogP contribution in [-0.2, 0) is 11.8 Å². The highest BCUT2D eigenvalue weighted by molar-refractivity contribution is 5.99. The fourth-order valence-corrected chi connectivity index (χ4v) is 2.90. The van der Waals surface area contributed by atoms with E-state index in [0.717, 1.165) is 17.7 Å². The summed E-state index contributed by atoms with van der Waals surface area (Å²) in [5, 5.41) is 4.15. The van der Waals surface area contributed by atoms with Crippen LogP contribution in [0.3, 0.4) is 0 Å². The summed E-state index contributed by atoms with van der Waals surface area (Å²) >= 11 is 0. The van der Waals surface area contributed by atoms with Crippen LogP contribution in [0.5, 0.6) is 0 Å². The molecule has 0 spiro atoms. The third kappa shape index (κ3) is 2.09. The van der Waals surface area contributed by atoms with Gasteiger partial charge in [0.1, 0.15) is 0 Å². The number of nitrogens with zero attached hydrogens (tertiary/aromatic N) is 2. The number of aromatic nitrogens is 2. The fraction of sp³-hybridized carbons (Fsp3) is 0.714. The van der Waals surface area contributed by atoms with Crippen molar-refractivity contribution >= 4 is 5.78 Å². The number of hydrogen-bond acceptors (Lipinski definition) is 3. The van der Waals surface area contributed by atoms with Crippen LogP contribution in [0, 0.1) is 12.8 Å². The number of aryl methyl sites for hydroxylation is 1. The van der Waals surface area contributed by atoms with E-state index in [1.165, 1.54) is 0 Å².